The minimum absolute atomic E-state index is 0.478. The predicted molar refractivity (Wildman–Crippen MR) is 68.4 cm³/mol. The van der Waals surface area contributed by atoms with Crippen LogP contribution in [0.3, 0.4) is 0 Å². The highest BCUT2D eigenvalue weighted by Gasteiger charge is 2.11. The smallest absolute Gasteiger partial charge is 0.238 e. The molecule has 0 spiro atoms. The number of hydrogen-bond acceptors (Lipinski definition) is 7. The Labute approximate surface area is 111 Å². The molecule has 0 atom stereocenters. The van der Waals surface area contributed by atoms with Crippen molar-refractivity contribution in [3.8, 4) is 11.6 Å². The highest BCUT2D eigenvalue weighted by Crippen LogP contribution is 2.26. The van der Waals surface area contributed by atoms with E-state index in [2.05, 4.69) is 15.1 Å². The first-order valence-corrected chi connectivity index (χ1v) is 7.09. The minimum atomic E-state index is 0.478. The molecule has 7 heteroatoms. The monoisotopic (exact) mass is 279 g/mol. The molecule has 0 aromatic carbocycles. The maximum absolute atomic E-state index is 5.20. The van der Waals surface area contributed by atoms with Crippen molar-refractivity contribution in [3.05, 3.63) is 35.4 Å². The van der Waals surface area contributed by atoms with Crippen LogP contribution in [0.2, 0.25) is 0 Å². The van der Waals surface area contributed by atoms with Gasteiger partial charge in [0.05, 0.1) is 12.0 Å². The fourth-order valence-corrected chi connectivity index (χ4v) is 3.03. The van der Waals surface area contributed by atoms with Crippen molar-refractivity contribution in [3.63, 3.8) is 0 Å². The summed E-state index contributed by atoms with van der Waals surface area (Å²) >= 11 is 3.20. The Morgan fingerprint density at radius 2 is 2.33 bits per heavy atom. The van der Waals surface area contributed by atoms with Crippen LogP contribution in [-0.4, -0.2) is 15.1 Å². The van der Waals surface area contributed by atoms with Crippen molar-refractivity contribution in [2.24, 2.45) is 0 Å². The van der Waals surface area contributed by atoms with Gasteiger partial charge in [0.15, 0.2) is 10.1 Å². The van der Waals surface area contributed by atoms with Gasteiger partial charge in [-0.2, -0.15) is 4.98 Å². The summed E-state index contributed by atoms with van der Waals surface area (Å²) in [7, 11) is 0. The number of hydrogen-bond donors (Lipinski definition) is 0. The Kier molecular flexibility index (Phi) is 3.16. The number of nitrogens with zero attached hydrogens (tertiary/aromatic N) is 3. The standard InChI is InChI=1S/C11H9N3O2S2/c1-7-5-17-11(12-7)18-6-9-13-10(14-16-9)8-3-2-4-15-8/h2-5H,6H2,1H3. The molecule has 0 aliphatic rings. The van der Waals surface area contributed by atoms with Crippen LogP contribution in [0, 0.1) is 6.92 Å². The third kappa shape index (κ3) is 2.46. The Hall–Kier alpha value is -1.60. The minimum Gasteiger partial charge on any atom is -0.461 e. The molecule has 0 saturated carbocycles. The molecule has 0 saturated heterocycles. The SMILES string of the molecule is Cc1csc(SCc2nc(-c3ccco3)no2)n1. The summed E-state index contributed by atoms with van der Waals surface area (Å²) in [5.74, 6) is 2.27. The molecule has 0 unspecified atom stereocenters. The number of thiazole rings is 1. The molecule has 0 amide bonds. The largest absolute Gasteiger partial charge is 0.461 e. The number of aryl methyl sites for hydroxylation is 1. The lowest BCUT2D eigenvalue weighted by Crippen LogP contribution is -1.81. The van der Waals surface area contributed by atoms with E-state index in [1.165, 1.54) is 0 Å². The van der Waals surface area contributed by atoms with E-state index in [-0.39, 0.29) is 0 Å². The zero-order valence-electron chi connectivity index (χ0n) is 9.49. The van der Waals surface area contributed by atoms with E-state index < -0.39 is 0 Å². The zero-order chi connectivity index (χ0) is 12.4. The second-order valence-corrected chi connectivity index (χ2v) is 5.61. The lowest BCUT2D eigenvalue weighted by atomic mass is 10.4. The van der Waals surface area contributed by atoms with Crippen molar-refractivity contribution in [2.75, 3.05) is 0 Å². The molecule has 0 radical (unpaired) electrons. The van der Waals surface area contributed by atoms with Crippen molar-refractivity contribution in [2.45, 2.75) is 17.0 Å². The molecule has 5 nitrogen and oxygen atoms in total. The van der Waals surface area contributed by atoms with Crippen molar-refractivity contribution in [1.29, 1.82) is 0 Å². The third-order valence-corrected chi connectivity index (χ3v) is 4.25. The Bertz CT molecular complexity index is 630. The van der Waals surface area contributed by atoms with Gasteiger partial charge in [0.2, 0.25) is 11.7 Å². The van der Waals surface area contributed by atoms with Crippen LogP contribution < -0.4 is 0 Å². The van der Waals surface area contributed by atoms with Gasteiger partial charge in [-0.1, -0.05) is 16.9 Å². The predicted octanol–water partition coefficient (Wildman–Crippen LogP) is 3.39. The molecule has 3 rings (SSSR count). The zero-order valence-corrected chi connectivity index (χ0v) is 11.1. The molecule has 3 aromatic rings. The molecule has 0 aliphatic heterocycles. The van der Waals surface area contributed by atoms with Crippen molar-refractivity contribution >= 4 is 23.1 Å². The molecule has 3 aromatic heterocycles. The van der Waals surface area contributed by atoms with Crippen LogP contribution in [0.15, 0.2) is 37.1 Å². The first-order chi connectivity index (χ1) is 8.81. The number of furan rings is 1. The highest BCUT2D eigenvalue weighted by atomic mass is 32.2. The summed E-state index contributed by atoms with van der Waals surface area (Å²) in [5, 5.41) is 5.88. The maximum atomic E-state index is 5.20. The molecule has 0 fully saturated rings. The Morgan fingerprint density at radius 1 is 1.39 bits per heavy atom. The first-order valence-electron chi connectivity index (χ1n) is 5.22. The van der Waals surface area contributed by atoms with E-state index in [0.29, 0.717) is 23.2 Å². The quantitative estimate of drug-likeness (QED) is 0.682. The van der Waals surface area contributed by atoms with Crippen LogP contribution in [0.5, 0.6) is 0 Å². The second kappa shape index (κ2) is 4.95. The van der Waals surface area contributed by atoms with Crippen LogP contribution >= 0.6 is 23.1 Å². The molecule has 0 N–H and O–H groups in total. The molecular weight excluding hydrogens is 270 g/mol. The van der Waals surface area contributed by atoms with Gasteiger partial charge in [-0.05, 0) is 19.1 Å². The lowest BCUT2D eigenvalue weighted by Gasteiger charge is -1.90. The third-order valence-electron chi connectivity index (χ3n) is 2.13. The van der Waals surface area contributed by atoms with E-state index in [9.17, 15) is 0 Å². The number of aromatic nitrogens is 3. The topological polar surface area (TPSA) is 65.0 Å². The maximum Gasteiger partial charge on any atom is 0.238 e. The van der Waals surface area contributed by atoms with Crippen LogP contribution in [0.4, 0.5) is 0 Å². The molecule has 0 aliphatic carbocycles. The molecule has 92 valence electrons. The molecular formula is C11H9N3O2S2. The first kappa shape index (κ1) is 11.5. The van der Waals surface area contributed by atoms with E-state index in [1.54, 1.807) is 41.5 Å². The Morgan fingerprint density at radius 3 is 3.06 bits per heavy atom. The summed E-state index contributed by atoms with van der Waals surface area (Å²) in [4.78, 5) is 8.61. The van der Waals surface area contributed by atoms with E-state index in [0.717, 1.165) is 10.0 Å². The van der Waals surface area contributed by atoms with Gasteiger partial charge >= 0.3 is 0 Å². The second-order valence-electron chi connectivity index (χ2n) is 3.53. The van der Waals surface area contributed by atoms with Crippen LogP contribution in [-0.2, 0) is 5.75 Å². The van der Waals surface area contributed by atoms with Gasteiger partial charge < -0.3 is 8.94 Å². The van der Waals surface area contributed by atoms with Crippen molar-refractivity contribution in [1.82, 2.24) is 15.1 Å². The highest BCUT2D eigenvalue weighted by molar-refractivity contribution is 8.00. The van der Waals surface area contributed by atoms with E-state index in [4.69, 9.17) is 8.94 Å². The van der Waals surface area contributed by atoms with Gasteiger partial charge in [-0.15, -0.1) is 11.3 Å². The average Bonchev–Trinajstić information content (AvgIpc) is 3.07. The summed E-state index contributed by atoms with van der Waals surface area (Å²) < 4.78 is 11.4. The summed E-state index contributed by atoms with van der Waals surface area (Å²) in [6, 6.07) is 3.59. The fraction of sp³-hybridized carbons (Fsp3) is 0.182. The van der Waals surface area contributed by atoms with E-state index in [1.807, 2.05) is 12.3 Å². The molecule has 3 heterocycles. The molecule has 0 bridgehead atoms. The average molecular weight is 279 g/mol. The van der Waals surface area contributed by atoms with Crippen LogP contribution in [0.25, 0.3) is 11.6 Å². The summed E-state index contributed by atoms with van der Waals surface area (Å²) in [6.07, 6.45) is 1.58. The molecule has 18 heavy (non-hydrogen) atoms. The normalized spacial score (nSPS) is 10.9. The van der Waals surface area contributed by atoms with Crippen molar-refractivity contribution < 1.29 is 8.94 Å². The number of thioether (sulfide) groups is 1. The van der Waals surface area contributed by atoms with E-state index >= 15 is 0 Å². The lowest BCUT2D eigenvalue weighted by molar-refractivity contribution is 0.390. The Balaban J connectivity index is 1.67. The van der Waals surface area contributed by atoms with Gasteiger partial charge in [0.25, 0.3) is 0 Å². The van der Waals surface area contributed by atoms with Gasteiger partial charge in [0.1, 0.15) is 0 Å². The van der Waals surface area contributed by atoms with Gasteiger partial charge in [-0.3, -0.25) is 0 Å². The van der Waals surface area contributed by atoms with Gasteiger partial charge in [0, 0.05) is 11.1 Å². The fourth-order valence-electron chi connectivity index (χ4n) is 1.34. The van der Waals surface area contributed by atoms with Crippen LogP contribution in [0.1, 0.15) is 11.6 Å². The number of rotatable bonds is 4. The van der Waals surface area contributed by atoms with Gasteiger partial charge in [-0.25, -0.2) is 4.98 Å². The summed E-state index contributed by atoms with van der Waals surface area (Å²) in [5.41, 5.74) is 1.03. The summed E-state index contributed by atoms with van der Waals surface area (Å²) in [6.45, 7) is 1.97.